The molecule has 0 heterocycles. The highest BCUT2D eigenvalue weighted by Gasteiger charge is 2.36. The molecule has 0 spiro atoms. The quantitative estimate of drug-likeness (QED) is 0.0307. The Labute approximate surface area is 487 Å². The highest BCUT2D eigenvalue weighted by atomic mass is 32.1. The van der Waals surface area contributed by atoms with Gasteiger partial charge in [0.05, 0.1) is 6.04 Å². The molecule has 2 aromatic carbocycles. The summed E-state index contributed by atoms with van der Waals surface area (Å²) in [5.74, 6) is -17.5. The highest BCUT2D eigenvalue weighted by Crippen LogP contribution is 2.15. The number of nitrogens with one attached hydrogen (secondary N) is 9. The number of nitrogens with two attached hydrogens (primary N) is 1. The first kappa shape index (κ1) is 71.2. The lowest BCUT2D eigenvalue weighted by atomic mass is 9.96. The Bertz CT molecular complexity index is 2670. The fourth-order valence-corrected chi connectivity index (χ4v) is 7.97. The molecule has 0 radical (unpaired) electrons. The molecule has 30 nitrogen and oxygen atoms in total. The summed E-state index contributed by atoms with van der Waals surface area (Å²) < 4.78 is 0. The summed E-state index contributed by atoms with van der Waals surface area (Å²) >= 11 is 4.22. The van der Waals surface area contributed by atoms with Crippen molar-refractivity contribution in [3.8, 4) is 5.75 Å². The van der Waals surface area contributed by atoms with Crippen LogP contribution < -0.4 is 53.6 Å². The first-order valence-electron chi connectivity index (χ1n) is 26.5. The molecule has 0 bridgehead atoms. The normalized spacial score (nSPS) is 14.8. The van der Waals surface area contributed by atoms with Gasteiger partial charge < -0.3 is 84.2 Å². The molecule has 0 fully saturated rings. The van der Waals surface area contributed by atoms with Gasteiger partial charge in [0.25, 0.3) is 0 Å². The first-order chi connectivity index (χ1) is 39.5. The van der Waals surface area contributed by atoms with Crippen LogP contribution in [0.3, 0.4) is 0 Å². The minimum atomic E-state index is -1.75. The lowest BCUT2D eigenvalue weighted by Crippen LogP contribution is -2.61. The van der Waals surface area contributed by atoms with Gasteiger partial charge in [-0.1, -0.05) is 62.7 Å². The number of hydrogen-bond donors (Lipinski definition) is 17. The number of carboxylic acids is 5. The number of amides is 9. The van der Waals surface area contributed by atoms with Crippen LogP contribution in [-0.4, -0.2) is 180 Å². The topological polar surface area (TPSA) is 495 Å². The largest absolute Gasteiger partial charge is 0.508 e. The van der Waals surface area contributed by atoms with Gasteiger partial charge in [-0.05, 0) is 68.7 Å². The van der Waals surface area contributed by atoms with Crippen LogP contribution in [0.1, 0.15) is 96.6 Å². The molecule has 0 aliphatic carbocycles. The molecule has 0 aliphatic heterocycles. The van der Waals surface area contributed by atoms with E-state index in [1.165, 1.54) is 38.1 Å². The molecular weight excluding hydrogens is 1130 g/mol. The Kier molecular flexibility index (Phi) is 30.4. The van der Waals surface area contributed by atoms with E-state index >= 15 is 0 Å². The van der Waals surface area contributed by atoms with Crippen molar-refractivity contribution < 1.29 is 97.8 Å². The Morgan fingerprint density at radius 2 is 0.786 bits per heavy atom. The summed E-state index contributed by atoms with van der Waals surface area (Å²) in [5, 5.41) is 77.9. The van der Waals surface area contributed by atoms with Crippen LogP contribution in [0.25, 0.3) is 0 Å². The molecule has 84 heavy (non-hydrogen) atoms. The van der Waals surface area contributed by atoms with Crippen LogP contribution in [0.2, 0.25) is 0 Å². The van der Waals surface area contributed by atoms with Crippen molar-refractivity contribution in [3.05, 3.63) is 65.7 Å². The molecule has 0 aliphatic rings. The van der Waals surface area contributed by atoms with Crippen molar-refractivity contribution in [2.75, 3.05) is 5.75 Å². The minimum Gasteiger partial charge on any atom is -0.508 e. The Morgan fingerprint density at radius 3 is 1.23 bits per heavy atom. The van der Waals surface area contributed by atoms with E-state index in [1.807, 2.05) is 0 Å². The zero-order valence-corrected chi connectivity index (χ0v) is 47.4. The van der Waals surface area contributed by atoms with Gasteiger partial charge in [-0.25, -0.2) is 0 Å². The first-order valence-corrected chi connectivity index (χ1v) is 27.1. The molecule has 2 rings (SSSR count). The molecule has 31 heteroatoms. The number of hydrogen-bond acceptors (Lipinski definition) is 17. The lowest BCUT2D eigenvalue weighted by Gasteiger charge is -2.29. The fourth-order valence-electron chi connectivity index (χ4n) is 7.72. The summed E-state index contributed by atoms with van der Waals surface area (Å²) in [6.45, 7) is 5.55. The Morgan fingerprint density at radius 1 is 0.429 bits per heavy atom. The maximum atomic E-state index is 14.4. The molecule has 2 aromatic rings. The van der Waals surface area contributed by atoms with Crippen molar-refractivity contribution >= 4 is 95.6 Å². The monoisotopic (exact) mass is 1200 g/mol. The van der Waals surface area contributed by atoms with E-state index in [2.05, 4.69) is 60.5 Å². The van der Waals surface area contributed by atoms with Crippen LogP contribution in [0, 0.1) is 5.92 Å². The second-order valence-electron chi connectivity index (χ2n) is 19.6. The van der Waals surface area contributed by atoms with Gasteiger partial charge in [0.2, 0.25) is 53.2 Å². The SMILES string of the molecule is CC[C@H](C)[C@H](NC(=O)[C@H](CCC(=O)O)NC(=O)[C@H](CCC(=O)O)NC(=O)[C@@H](N)CCC(=O)O)C(=O)N[C@@H](Cc1ccc(O)cc1)C(=O)N[C@@H](CS)C(=O)N[C@@H](C)C(=O)N[C@@H](Cc1ccccc1)C(=O)N[C@@H](CCC(=O)O)C(=O)N[C@@H](C)C(=O)O. The fraction of sp³-hybridized carbons (Fsp3) is 0.509. The number of aliphatic carboxylic acids is 5. The number of phenols is 1. The van der Waals surface area contributed by atoms with E-state index in [4.69, 9.17) is 10.8 Å². The third kappa shape index (κ3) is 25.9. The molecule has 462 valence electrons. The summed E-state index contributed by atoms with van der Waals surface area (Å²) in [4.78, 5) is 181. The second kappa shape index (κ2) is 35.9. The van der Waals surface area contributed by atoms with Gasteiger partial charge in [0, 0.05) is 44.3 Å². The number of thiol groups is 1. The predicted molar refractivity (Wildman–Crippen MR) is 297 cm³/mol. The van der Waals surface area contributed by atoms with Gasteiger partial charge in [-0.2, -0.15) is 12.6 Å². The Hall–Kier alpha value is -8.87. The zero-order chi connectivity index (χ0) is 63.4. The van der Waals surface area contributed by atoms with Crippen LogP contribution in [-0.2, 0) is 80.0 Å². The third-order valence-corrected chi connectivity index (χ3v) is 13.2. The molecule has 0 saturated carbocycles. The average molecular weight is 1200 g/mol. The van der Waals surface area contributed by atoms with Crippen molar-refractivity contribution in [2.24, 2.45) is 11.7 Å². The van der Waals surface area contributed by atoms with Crippen LogP contribution in [0.15, 0.2) is 54.6 Å². The molecule has 0 aromatic heterocycles. The number of carbonyl (C=O) groups excluding carboxylic acids is 9. The van der Waals surface area contributed by atoms with Crippen molar-refractivity contribution in [3.63, 3.8) is 0 Å². The van der Waals surface area contributed by atoms with E-state index in [-0.39, 0.29) is 31.4 Å². The maximum Gasteiger partial charge on any atom is 0.325 e. The molecule has 11 atom stereocenters. The summed E-state index contributed by atoms with van der Waals surface area (Å²) in [6, 6.07) is -1.92. The summed E-state index contributed by atoms with van der Waals surface area (Å²) in [6.07, 6.45) is -4.88. The van der Waals surface area contributed by atoms with Gasteiger partial charge in [0.1, 0.15) is 60.1 Å². The van der Waals surface area contributed by atoms with Gasteiger partial charge in [0.15, 0.2) is 0 Å². The molecule has 17 N–H and O–H groups in total. The number of benzene rings is 2. The van der Waals surface area contributed by atoms with Gasteiger partial charge >= 0.3 is 29.8 Å². The van der Waals surface area contributed by atoms with Crippen molar-refractivity contribution in [2.45, 2.75) is 159 Å². The van der Waals surface area contributed by atoms with Crippen LogP contribution in [0.5, 0.6) is 5.75 Å². The molecule has 0 unspecified atom stereocenters. The van der Waals surface area contributed by atoms with E-state index < -0.39 is 200 Å². The standard InChI is InChI=1S/C53H74N10O20S/c1-5-26(2)43(63-48(77)35(18-22-42(71)72)58-47(76)34(17-21-41(69)70)57-45(74)32(54)15-19-39(65)66)52(81)61-37(24-30-11-13-31(64)14-12-30)50(79)62-38(25-84)51(80)55-27(3)44(73)60-36(23-29-9-7-6-8-10-29)49(78)59-33(16-20-40(67)68)46(75)56-28(4)53(82)83/h6-14,26-28,32-38,43,64,84H,5,15-25,54H2,1-4H3,(H,55,80)(H,56,75)(H,57,74)(H,58,76)(H,59,78)(H,60,73)(H,61,81)(H,62,79)(H,63,77)(H,65,66)(H,67,68)(H,69,70)(H,71,72)(H,82,83)/t26-,27-,28-,32-,33-,34-,35-,36-,37-,38-,43-/m0/s1. The van der Waals surface area contributed by atoms with E-state index in [0.29, 0.717) is 11.1 Å². The molecular formula is C53H74N10O20S. The highest BCUT2D eigenvalue weighted by molar-refractivity contribution is 7.80. The second-order valence-corrected chi connectivity index (χ2v) is 20.0. The lowest BCUT2D eigenvalue weighted by molar-refractivity contribution is -0.142. The van der Waals surface area contributed by atoms with E-state index in [0.717, 1.165) is 6.92 Å². The smallest absolute Gasteiger partial charge is 0.325 e. The van der Waals surface area contributed by atoms with Crippen molar-refractivity contribution in [1.29, 1.82) is 0 Å². The van der Waals surface area contributed by atoms with E-state index in [1.54, 1.807) is 37.3 Å². The number of rotatable bonds is 38. The van der Waals surface area contributed by atoms with Crippen LogP contribution >= 0.6 is 12.6 Å². The number of aromatic hydroxyl groups is 1. The average Bonchev–Trinajstić information content (AvgIpc) is 3.51. The molecule has 0 saturated heterocycles. The van der Waals surface area contributed by atoms with Crippen LogP contribution in [0.4, 0.5) is 0 Å². The number of phenolic OH excluding ortho intramolecular Hbond substituents is 1. The summed E-state index contributed by atoms with van der Waals surface area (Å²) in [7, 11) is 0. The number of carboxylic acid groups (broad SMARTS) is 5. The maximum absolute atomic E-state index is 14.4. The minimum absolute atomic E-state index is 0.158. The third-order valence-electron chi connectivity index (χ3n) is 12.9. The van der Waals surface area contributed by atoms with Crippen molar-refractivity contribution in [1.82, 2.24) is 47.9 Å². The van der Waals surface area contributed by atoms with Gasteiger partial charge in [-0.3, -0.25) is 67.1 Å². The zero-order valence-electron chi connectivity index (χ0n) is 46.5. The summed E-state index contributed by atoms with van der Waals surface area (Å²) in [5.41, 5.74) is 6.65. The molecule has 9 amide bonds. The van der Waals surface area contributed by atoms with E-state index in [9.17, 15) is 92.7 Å². The predicted octanol–water partition coefficient (Wildman–Crippen LogP) is -2.57. The van der Waals surface area contributed by atoms with Gasteiger partial charge in [-0.15, -0.1) is 0 Å². The number of carbonyl (C=O) groups is 14. The Balaban J connectivity index is 2.43.